The van der Waals surface area contributed by atoms with Gasteiger partial charge in [0.25, 0.3) is 0 Å². The van der Waals surface area contributed by atoms with Crippen LogP contribution in [0.3, 0.4) is 0 Å². The van der Waals surface area contributed by atoms with Crippen molar-refractivity contribution in [3.63, 3.8) is 0 Å². The molecule has 0 spiro atoms. The summed E-state index contributed by atoms with van der Waals surface area (Å²) in [7, 11) is 0. The number of fused-ring (bicyclic) bond motifs is 1. The Hall–Kier alpha value is -2.76. The number of nitrogens with one attached hydrogen (secondary N) is 1. The van der Waals surface area contributed by atoms with Gasteiger partial charge in [-0.2, -0.15) is 5.11 Å². The molecule has 1 aromatic heterocycles. The van der Waals surface area contributed by atoms with Crippen molar-refractivity contribution in [3.8, 4) is 5.88 Å². The summed E-state index contributed by atoms with van der Waals surface area (Å²) in [6, 6.07) is 7.29. The molecule has 2 aromatic rings. The number of azo groups is 1. The van der Waals surface area contributed by atoms with E-state index in [-0.39, 0.29) is 34.1 Å². The Kier molecular flexibility index (Phi) is 3.83. The van der Waals surface area contributed by atoms with E-state index in [0.717, 1.165) is 10.9 Å². The van der Waals surface area contributed by atoms with Crippen LogP contribution in [0.4, 0.5) is 5.69 Å². The minimum atomic E-state index is -0.315. The fraction of sp³-hybridized carbons (Fsp3) is 0.333. The van der Waals surface area contributed by atoms with Gasteiger partial charge in [0, 0.05) is 18.2 Å². The van der Waals surface area contributed by atoms with Gasteiger partial charge < -0.3 is 10.1 Å². The van der Waals surface area contributed by atoms with E-state index < -0.39 is 0 Å². The Morgan fingerprint density at radius 2 is 1.79 bits per heavy atom. The zero-order valence-corrected chi connectivity index (χ0v) is 13.9. The van der Waals surface area contributed by atoms with Crippen LogP contribution >= 0.6 is 0 Å². The van der Waals surface area contributed by atoms with E-state index in [0.29, 0.717) is 18.5 Å². The predicted octanol–water partition coefficient (Wildman–Crippen LogP) is 4.19. The number of nitrogens with zero attached hydrogens (tertiary/aromatic N) is 2. The van der Waals surface area contributed by atoms with Crippen molar-refractivity contribution in [2.45, 2.75) is 33.6 Å². The molecule has 0 saturated heterocycles. The summed E-state index contributed by atoms with van der Waals surface area (Å²) >= 11 is 0. The first kappa shape index (κ1) is 16.1. The molecule has 3 rings (SSSR count). The summed E-state index contributed by atoms with van der Waals surface area (Å²) in [5.41, 5.74) is 1.12. The lowest BCUT2D eigenvalue weighted by Gasteiger charge is -2.28. The summed E-state index contributed by atoms with van der Waals surface area (Å²) in [4.78, 5) is 27.3. The van der Waals surface area contributed by atoms with E-state index in [9.17, 15) is 14.7 Å². The van der Waals surface area contributed by atoms with Crippen LogP contribution in [-0.2, 0) is 9.59 Å². The lowest BCUT2D eigenvalue weighted by Crippen LogP contribution is -2.32. The molecule has 1 aromatic carbocycles. The molecule has 1 aliphatic rings. The smallest absolute Gasteiger partial charge is 0.218 e. The molecule has 1 saturated carbocycles. The van der Waals surface area contributed by atoms with E-state index in [1.807, 2.05) is 38.1 Å². The first-order valence-electron chi connectivity index (χ1n) is 7.77. The monoisotopic (exact) mass is 325 g/mol. The molecule has 6 nitrogen and oxygen atoms in total. The summed E-state index contributed by atoms with van der Waals surface area (Å²) in [5, 5.41) is 18.8. The van der Waals surface area contributed by atoms with Gasteiger partial charge in [-0.25, -0.2) is 0 Å². The molecule has 124 valence electrons. The lowest BCUT2D eigenvalue weighted by molar-refractivity contribution is -0.127. The van der Waals surface area contributed by atoms with Gasteiger partial charge in [-0.05, 0) is 18.4 Å². The molecule has 2 N–H and O–H groups in total. The Morgan fingerprint density at radius 1 is 1.17 bits per heavy atom. The van der Waals surface area contributed by atoms with Crippen LogP contribution in [0.2, 0.25) is 0 Å². The van der Waals surface area contributed by atoms with E-state index in [1.165, 1.54) is 0 Å². The number of ketones is 2. The number of hydrogen-bond acceptors (Lipinski definition) is 5. The second-order valence-corrected chi connectivity index (χ2v) is 6.89. The second-order valence-electron chi connectivity index (χ2n) is 6.89. The summed E-state index contributed by atoms with van der Waals surface area (Å²) in [6.45, 7) is 5.40. The van der Waals surface area contributed by atoms with Gasteiger partial charge in [0.05, 0.1) is 16.8 Å². The molecule has 0 unspecified atom stereocenters. The van der Waals surface area contributed by atoms with Crippen molar-refractivity contribution < 1.29 is 14.7 Å². The molecule has 1 fully saturated rings. The van der Waals surface area contributed by atoms with Crippen LogP contribution in [0, 0.1) is 5.41 Å². The first-order chi connectivity index (χ1) is 11.3. The van der Waals surface area contributed by atoms with Crippen molar-refractivity contribution >= 4 is 28.2 Å². The Bertz CT molecular complexity index is 881. The second kappa shape index (κ2) is 5.70. The number of benzene rings is 1. The topological polar surface area (TPSA) is 94.9 Å². The van der Waals surface area contributed by atoms with Gasteiger partial charge in [-0.3, -0.25) is 9.59 Å². The summed E-state index contributed by atoms with van der Waals surface area (Å²) in [6.07, 6.45) is 0.637. The third-order valence-electron chi connectivity index (χ3n) is 4.16. The van der Waals surface area contributed by atoms with E-state index >= 15 is 0 Å². The largest absolute Gasteiger partial charge is 0.493 e. The molecule has 0 aliphatic heterocycles. The number of para-hydroxylation sites is 1. The van der Waals surface area contributed by atoms with Crippen molar-refractivity contribution in [1.29, 1.82) is 0 Å². The van der Waals surface area contributed by atoms with Gasteiger partial charge >= 0.3 is 0 Å². The minimum Gasteiger partial charge on any atom is -0.493 e. The number of allylic oxidation sites excluding steroid dienone is 2. The number of carbonyl (C=O) groups excluding carboxylic acids is 2. The maximum Gasteiger partial charge on any atom is 0.218 e. The fourth-order valence-electron chi connectivity index (χ4n) is 3.06. The Balaban J connectivity index is 1.97. The van der Waals surface area contributed by atoms with Gasteiger partial charge in [0.2, 0.25) is 5.88 Å². The van der Waals surface area contributed by atoms with E-state index in [1.54, 1.807) is 6.92 Å². The minimum absolute atomic E-state index is 0.0971. The molecule has 0 radical (unpaired) electrons. The van der Waals surface area contributed by atoms with Gasteiger partial charge in [-0.1, -0.05) is 32.0 Å². The standard InChI is InChI=1S/C18H19N3O3/c1-10(15-13(22)8-18(2,3)9-14(15)23)20-21-16-11-6-4-5-7-12(11)19-17(16)24/h4-7,19,24H,8-9H2,1-3H3. The van der Waals surface area contributed by atoms with Crippen LogP contribution in [0.15, 0.2) is 45.8 Å². The van der Waals surface area contributed by atoms with Crippen LogP contribution < -0.4 is 0 Å². The van der Waals surface area contributed by atoms with Crippen LogP contribution in [-0.4, -0.2) is 21.7 Å². The maximum atomic E-state index is 12.3. The highest BCUT2D eigenvalue weighted by molar-refractivity contribution is 6.22. The van der Waals surface area contributed by atoms with Crippen LogP contribution in [0.5, 0.6) is 5.88 Å². The van der Waals surface area contributed by atoms with Gasteiger partial charge in [-0.15, -0.1) is 5.11 Å². The lowest BCUT2D eigenvalue weighted by atomic mass is 9.74. The third-order valence-corrected chi connectivity index (χ3v) is 4.16. The zero-order chi connectivity index (χ0) is 17.5. The van der Waals surface area contributed by atoms with Crippen LogP contribution in [0.1, 0.15) is 33.6 Å². The number of aromatic hydroxyl groups is 1. The highest BCUT2D eigenvalue weighted by Gasteiger charge is 2.36. The van der Waals surface area contributed by atoms with Crippen molar-refractivity contribution in [2.24, 2.45) is 15.6 Å². The summed E-state index contributed by atoms with van der Waals surface area (Å²) in [5.74, 6) is -0.494. The number of carbonyl (C=O) groups is 2. The molecular formula is C18H19N3O3. The average molecular weight is 325 g/mol. The first-order valence-corrected chi connectivity index (χ1v) is 7.77. The number of aromatic nitrogens is 1. The number of rotatable bonds is 2. The molecule has 1 heterocycles. The van der Waals surface area contributed by atoms with E-state index in [2.05, 4.69) is 15.2 Å². The number of aromatic amines is 1. The molecule has 1 aliphatic carbocycles. The zero-order valence-electron chi connectivity index (χ0n) is 13.9. The molecule has 6 heteroatoms. The maximum absolute atomic E-state index is 12.3. The molecule has 0 atom stereocenters. The molecule has 0 bridgehead atoms. The Morgan fingerprint density at radius 3 is 2.46 bits per heavy atom. The highest BCUT2D eigenvalue weighted by Crippen LogP contribution is 2.37. The highest BCUT2D eigenvalue weighted by atomic mass is 16.3. The van der Waals surface area contributed by atoms with Gasteiger partial charge in [0.15, 0.2) is 17.3 Å². The van der Waals surface area contributed by atoms with Crippen molar-refractivity contribution in [1.82, 2.24) is 4.98 Å². The third kappa shape index (κ3) is 2.87. The summed E-state index contributed by atoms with van der Waals surface area (Å²) < 4.78 is 0. The average Bonchev–Trinajstić information content (AvgIpc) is 2.78. The predicted molar refractivity (Wildman–Crippen MR) is 90.2 cm³/mol. The number of H-pyrrole nitrogens is 1. The number of hydrogen-bond donors (Lipinski definition) is 2. The fourth-order valence-corrected chi connectivity index (χ4v) is 3.06. The SMILES string of the molecule is CC(N=Nc1c(O)[nH]c2ccccc12)=C1C(=O)CC(C)(C)CC1=O. The van der Waals surface area contributed by atoms with E-state index in [4.69, 9.17) is 0 Å². The van der Waals surface area contributed by atoms with Crippen molar-refractivity contribution in [2.75, 3.05) is 0 Å². The van der Waals surface area contributed by atoms with Crippen molar-refractivity contribution in [3.05, 3.63) is 35.5 Å². The van der Waals surface area contributed by atoms with Crippen LogP contribution in [0.25, 0.3) is 10.9 Å². The molecular weight excluding hydrogens is 306 g/mol. The molecule has 24 heavy (non-hydrogen) atoms. The number of Topliss-reactive ketones (excluding diaryl/α,β-unsaturated/α-hetero) is 2. The normalized spacial score (nSPS) is 17.9. The quantitative estimate of drug-likeness (QED) is 0.492. The molecule has 0 amide bonds. The Labute approximate surface area is 139 Å². The van der Waals surface area contributed by atoms with Gasteiger partial charge in [0.1, 0.15) is 0 Å².